The zero-order chi connectivity index (χ0) is 69.7. The van der Waals surface area contributed by atoms with Gasteiger partial charge in [-0.15, -0.1) is 0 Å². The summed E-state index contributed by atoms with van der Waals surface area (Å²) < 4.78 is 114. The molecule has 0 saturated carbocycles. The van der Waals surface area contributed by atoms with Gasteiger partial charge in [0.15, 0.2) is 25.0 Å². The lowest BCUT2D eigenvalue weighted by molar-refractivity contribution is -0.393. The molecule has 0 aromatic heterocycles. The highest BCUT2D eigenvalue weighted by Gasteiger charge is 2.57. The average Bonchev–Trinajstić information content (AvgIpc) is 0.767. The molecule has 0 bridgehead atoms. The molecule has 4 aliphatic rings. The first-order chi connectivity index (χ1) is 49.5. The van der Waals surface area contributed by atoms with Gasteiger partial charge in [0, 0.05) is 12.8 Å². The number of ether oxygens (including phenoxy) is 16. The number of esters is 1. The van der Waals surface area contributed by atoms with Crippen LogP contribution in [0.15, 0.2) is 243 Å². The molecule has 534 valence electrons. The van der Waals surface area contributed by atoms with Crippen LogP contribution in [0.4, 0.5) is 0 Å². The van der Waals surface area contributed by atoms with E-state index in [4.69, 9.17) is 75.8 Å². The highest BCUT2D eigenvalue weighted by Crippen LogP contribution is 2.42. The largest absolute Gasteiger partial charge is 0.457 e. The van der Waals surface area contributed by atoms with E-state index in [1.165, 1.54) is 6.92 Å². The third-order valence-corrected chi connectivity index (χ3v) is 19.0. The van der Waals surface area contributed by atoms with E-state index in [0.29, 0.717) is 6.61 Å². The van der Waals surface area contributed by atoms with Crippen molar-refractivity contribution in [3.63, 3.8) is 0 Å². The fourth-order valence-corrected chi connectivity index (χ4v) is 13.7. The molecule has 0 radical (unpaired) electrons. The number of hydrogen-bond acceptors (Lipinski definition) is 17. The zero-order valence-electron chi connectivity index (χ0n) is 58.4. The van der Waals surface area contributed by atoms with Crippen LogP contribution >= 0.6 is 0 Å². The molecule has 17 nitrogen and oxygen atoms in total. The van der Waals surface area contributed by atoms with Crippen molar-refractivity contribution in [3.05, 3.63) is 287 Å². The van der Waals surface area contributed by atoms with Crippen molar-refractivity contribution < 1.29 is 80.6 Å². The van der Waals surface area contributed by atoms with Crippen LogP contribution in [0, 0.1) is 5.92 Å². The zero-order valence-corrected chi connectivity index (χ0v) is 58.4. The number of carbonyl (C=O) groups is 1. The van der Waals surface area contributed by atoms with E-state index in [2.05, 4.69) is 0 Å². The van der Waals surface area contributed by atoms with Gasteiger partial charge in [0.1, 0.15) is 61.0 Å². The second kappa shape index (κ2) is 37.2. The number of rotatable bonds is 32. The minimum atomic E-state index is -1.24. The molecule has 4 fully saturated rings. The van der Waals surface area contributed by atoms with Crippen LogP contribution in [0.3, 0.4) is 0 Å². The molecule has 0 amide bonds. The van der Waals surface area contributed by atoms with Gasteiger partial charge in [-0.3, -0.25) is 4.79 Å². The smallest absolute Gasteiger partial charge is 0.303 e. The lowest BCUT2D eigenvalue weighted by atomic mass is 9.91. The lowest BCUT2D eigenvalue weighted by Gasteiger charge is -2.52. The summed E-state index contributed by atoms with van der Waals surface area (Å²) in [4.78, 5) is 13.2. The van der Waals surface area contributed by atoms with Gasteiger partial charge in [-0.05, 0) is 72.2 Å². The monoisotopic (exact) mass is 1380 g/mol. The molecule has 0 aliphatic carbocycles. The molecule has 17 heteroatoms. The Labute approximate surface area is 594 Å². The average molecular weight is 1380 g/mol. The van der Waals surface area contributed by atoms with Crippen molar-refractivity contribution in [3.8, 4) is 0 Å². The van der Waals surface area contributed by atoms with Crippen LogP contribution in [0.5, 0.6) is 0 Å². The summed E-state index contributed by atoms with van der Waals surface area (Å²) in [5.74, 6) is -1.19. The van der Waals surface area contributed by atoms with Gasteiger partial charge in [0.05, 0.1) is 90.0 Å². The van der Waals surface area contributed by atoms with Gasteiger partial charge < -0.3 is 75.8 Å². The van der Waals surface area contributed by atoms with E-state index in [1.54, 1.807) is 0 Å². The quantitative estimate of drug-likeness (QED) is 0.0365. The Morgan fingerprint density at radius 2 is 0.554 bits per heavy atom. The second-order valence-electron chi connectivity index (χ2n) is 26.6. The molecule has 101 heavy (non-hydrogen) atoms. The summed E-state index contributed by atoms with van der Waals surface area (Å²) >= 11 is 0. The Bertz CT molecular complexity index is 3650. The van der Waals surface area contributed by atoms with Crippen LogP contribution < -0.4 is 0 Å². The maximum atomic E-state index is 13.2. The Balaban J connectivity index is 0.941. The van der Waals surface area contributed by atoms with Crippen molar-refractivity contribution in [1.29, 1.82) is 0 Å². The van der Waals surface area contributed by atoms with Gasteiger partial charge in [-0.25, -0.2) is 0 Å². The normalized spacial score (nSPS) is 29.8. The number of hydrogen-bond donors (Lipinski definition) is 0. The highest BCUT2D eigenvalue weighted by molar-refractivity contribution is 5.66. The Kier molecular flexibility index (Phi) is 27.0. The van der Waals surface area contributed by atoms with Crippen LogP contribution in [0.2, 0.25) is 0 Å². The van der Waals surface area contributed by atoms with E-state index < -0.39 is 128 Å². The summed E-state index contributed by atoms with van der Waals surface area (Å²) in [5.41, 5.74) is 7.62. The van der Waals surface area contributed by atoms with Gasteiger partial charge in [0.2, 0.25) is 0 Å². The number of benzene rings is 8. The predicted molar refractivity (Wildman–Crippen MR) is 378 cm³/mol. The minimum Gasteiger partial charge on any atom is -0.457 e. The van der Waals surface area contributed by atoms with Crippen LogP contribution in [0.25, 0.3) is 0 Å². The third-order valence-electron chi connectivity index (χ3n) is 19.0. The molecular weight excluding hydrogens is 1280 g/mol. The molecule has 4 heterocycles. The first kappa shape index (κ1) is 73.4. The maximum absolute atomic E-state index is 13.2. The summed E-state index contributed by atoms with van der Waals surface area (Å²) in [6.07, 6.45) is -16.3. The fraction of sp³-hybridized carbons (Fsp3) is 0.417. The summed E-state index contributed by atoms with van der Waals surface area (Å²) in [6, 6.07) is 80.0. The molecule has 20 atom stereocenters. The first-order valence-electron chi connectivity index (χ1n) is 35.4. The summed E-state index contributed by atoms with van der Waals surface area (Å²) in [6.45, 7) is 13.0. The molecule has 0 spiro atoms. The molecule has 8 unspecified atom stereocenters. The third kappa shape index (κ3) is 20.3. The molecular formula is C84H96O17. The second-order valence-corrected chi connectivity index (χ2v) is 26.6. The predicted octanol–water partition coefficient (Wildman–Crippen LogP) is 14.0. The Morgan fingerprint density at radius 3 is 0.950 bits per heavy atom. The molecule has 8 aromatic carbocycles. The first-order valence-corrected chi connectivity index (χ1v) is 35.4. The van der Waals surface area contributed by atoms with Crippen molar-refractivity contribution in [2.75, 3.05) is 6.61 Å². The summed E-state index contributed by atoms with van der Waals surface area (Å²) in [7, 11) is 0. The van der Waals surface area contributed by atoms with Gasteiger partial charge >= 0.3 is 5.97 Å². The van der Waals surface area contributed by atoms with Crippen LogP contribution in [-0.2, 0) is 133 Å². The van der Waals surface area contributed by atoms with Gasteiger partial charge in [-0.2, -0.15) is 0 Å². The van der Waals surface area contributed by atoms with Gasteiger partial charge in [-0.1, -0.05) is 250 Å². The van der Waals surface area contributed by atoms with E-state index in [9.17, 15) is 4.79 Å². The van der Waals surface area contributed by atoms with E-state index in [1.807, 2.05) is 277 Å². The molecule has 4 aliphatic heterocycles. The standard InChI is InChI=1S/C84H96O17/c1-56-71(99-83-80(93-54-69-45-29-14-30-46-69)78(92-53-68-43-27-13-28-44-68)76(90-51-66-39-23-11-24-40-66)70(98-83)55-86-47-62-31-15-7-16-32-62)72(87-48-63-33-17-8-18-34-63)58(3)95-82(56)101-81-77(91-52-67-41-25-12-26-42-67)73(88-49-64-35-19-9-20-36-64)59(4)96-84(81)100-79-74(89-50-65-37-21-10-22-38-65)57(2)94-60(5)75(79)97-61(6)85/h7-46,56-60,70-84H,47-55H2,1-6H3/t56?,57?,58?,59?,60-,70+,71-,72-,73-,74-,75?,76+,77+,78?,79+,80?,81?,82-,83+,84-/m0/s1. The van der Waals surface area contributed by atoms with Crippen molar-refractivity contribution >= 4 is 5.97 Å². The molecule has 4 saturated heterocycles. The highest BCUT2D eigenvalue weighted by atomic mass is 16.8. The van der Waals surface area contributed by atoms with Crippen molar-refractivity contribution in [1.82, 2.24) is 0 Å². The van der Waals surface area contributed by atoms with E-state index in [0.717, 1.165) is 44.5 Å². The topological polar surface area (TPSA) is 165 Å². The molecule has 12 rings (SSSR count). The minimum absolute atomic E-state index is 0.102. The van der Waals surface area contributed by atoms with E-state index >= 15 is 0 Å². The maximum Gasteiger partial charge on any atom is 0.303 e. The van der Waals surface area contributed by atoms with Crippen LogP contribution in [0.1, 0.15) is 86.1 Å². The molecule has 0 N–H and O–H groups in total. The fourth-order valence-electron chi connectivity index (χ4n) is 13.7. The Morgan fingerprint density at radius 1 is 0.277 bits per heavy atom. The lowest BCUT2D eigenvalue weighted by Crippen LogP contribution is -2.66. The SMILES string of the molecule is CC(=O)OC1[C@H](C)OC(C)[C@H](OCc2ccccc2)[C@H]1O[C@@H]1OC(C)[C@H](OCc2ccccc2)[C@@H](OCc2ccccc2)C1O[C@@H]1OC(C)[C@H](OCc2ccccc2)[C@@H](O[C@H]2O[C@H](COCc3ccccc3)[C@@H](OCc3ccccc3)C(OCc3ccccc3)C2OCc2ccccc2)C1C. The van der Waals surface area contributed by atoms with Gasteiger partial charge in [0.25, 0.3) is 0 Å². The number of carbonyl (C=O) groups excluding carboxylic acids is 1. The Hall–Kier alpha value is -7.37. The van der Waals surface area contributed by atoms with E-state index in [-0.39, 0.29) is 52.9 Å². The van der Waals surface area contributed by atoms with Crippen molar-refractivity contribution in [2.24, 2.45) is 5.92 Å². The molecule has 8 aromatic rings. The van der Waals surface area contributed by atoms with Crippen LogP contribution in [-0.4, -0.2) is 129 Å². The van der Waals surface area contributed by atoms with Crippen molar-refractivity contribution in [2.45, 2.75) is 211 Å². The summed E-state index contributed by atoms with van der Waals surface area (Å²) in [5, 5.41) is 0.